The van der Waals surface area contributed by atoms with Crippen molar-refractivity contribution in [1.82, 2.24) is 15.5 Å². The molecule has 1 heterocycles. The van der Waals surface area contributed by atoms with Gasteiger partial charge in [-0.2, -0.15) is 5.10 Å². The van der Waals surface area contributed by atoms with Crippen LogP contribution in [0.4, 0.5) is 0 Å². The molecule has 2 aliphatic rings. The highest BCUT2D eigenvalue weighted by Crippen LogP contribution is 2.42. The third-order valence-corrected chi connectivity index (χ3v) is 5.08. The number of carbonyl (C=O) groups is 1. The van der Waals surface area contributed by atoms with Crippen molar-refractivity contribution in [3.8, 4) is 0 Å². The Labute approximate surface area is 133 Å². The summed E-state index contributed by atoms with van der Waals surface area (Å²) in [5, 5.41) is 10.9. The van der Waals surface area contributed by atoms with E-state index >= 15 is 0 Å². The first-order valence-corrected chi connectivity index (χ1v) is 8.12. The highest BCUT2D eigenvalue weighted by atomic mass is 16.1. The lowest BCUT2D eigenvalue weighted by molar-refractivity contribution is -0.120. The van der Waals surface area contributed by atoms with Crippen LogP contribution < -0.4 is 10.9 Å². The van der Waals surface area contributed by atoms with Gasteiger partial charge in [-0.15, -0.1) is 0 Å². The van der Waals surface area contributed by atoms with Gasteiger partial charge < -0.3 is 5.32 Å². The predicted octanol–water partition coefficient (Wildman–Crippen LogP) is 1.79. The van der Waals surface area contributed by atoms with Crippen molar-refractivity contribution in [2.24, 2.45) is 17.8 Å². The Balaban J connectivity index is 1.44. The van der Waals surface area contributed by atoms with E-state index in [1.54, 1.807) is 6.07 Å². The zero-order chi connectivity index (χ0) is 15.8. The van der Waals surface area contributed by atoms with Crippen molar-refractivity contribution in [1.29, 1.82) is 0 Å². The fourth-order valence-electron chi connectivity index (χ4n) is 3.90. The van der Waals surface area contributed by atoms with Crippen LogP contribution in [0.1, 0.15) is 18.5 Å². The Hall–Kier alpha value is -2.43. The van der Waals surface area contributed by atoms with Crippen LogP contribution in [0.3, 0.4) is 0 Å². The van der Waals surface area contributed by atoms with E-state index in [9.17, 15) is 9.59 Å². The molecule has 5 nitrogen and oxygen atoms in total. The Kier molecular flexibility index (Phi) is 3.48. The monoisotopic (exact) mass is 309 g/mol. The van der Waals surface area contributed by atoms with Gasteiger partial charge in [0, 0.05) is 11.9 Å². The fraction of sp³-hybridized carbons (Fsp3) is 0.389. The van der Waals surface area contributed by atoms with Crippen LogP contribution in [0.2, 0.25) is 0 Å². The Morgan fingerprint density at radius 2 is 2.04 bits per heavy atom. The average molecular weight is 309 g/mol. The second-order valence-electron chi connectivity index (χ2n) is 6.57. The molecule has 2 bridgehead atoms. The van der Waals surface area contributed by atoms with E-state index in [4.69, 9.17) is 0 Å². The molecule has 2 aliphatic carbocycles. The number of allylic oxidation sites excluding steroid dienone is 2. The molecule has 0 aliphatic heterocycles. The van der Waals surface area contributed by atoms with Gasteiger partial charge in [0.2, 0.25) is 5.91 Å². The number of hydrogen-bond donors (Lipinski definition) is 2. The standard InChI is InChI=1S/C18H19N3O2/c22-17(19-10-13-8-11-5-6-12(13)7-11)9-16-14-3-1-2-4-15(14)18(23)21-20-16/h1-6,11-13H,7-10H2,(H,19,22)(H,21,23)/t11-,12-,13+/m1/s1. The quantitative estimate of drug-likeness (QED) is 0.846. The second kappa shape index (κ2) is 5.65. The van der Waals surface area contributed by atoms with Crippen molar-refractivity contribution in [2.45, 2.75) is 19.3 Å². The maximum absolute atomic E-state index is 12.2. The molecule has 0 radical (unpaired) electrons. The Bertz CT molecular complexity index is 840. The van der Waals surface area contributed by atoms with E-state index in [-0.39, 0.29) is 17.9 Å². The number of benzene rings is 1. The van der Waals surface area contributed by atoms with Crippen LogP contribution in [-0.2, 0) is 11.2 Å². The minimum absolute atomic E-state index is 0.0403. The van der Waals surface area contributed by atoms with Crippen LogP contribution in [0.15, 0.2) is 41.2 Å². The lowest BCUT2D eigenvalue weighted by atomic mass is 9.93. The van der Waals surface area contributed by atoms with E-state index in [1.807, 2.05) is 18.2 Å². The van der Waals surface area contributed by atoms with Gasteiger partial charge in [-0.3, -0.25) is 9.59 Å². The zero-order valence-corrected chi connectivity index (χ0v) is 12.8. The number of amides is 1. The molecule has 0 saturated heterocycles. The van der Waals surface area contributed by atoms with Gasteiger partial charge in [-0.1, -0.05) is 30.4 Å². The summed E-state index contributed by atoms with van der Waals surface area (Å²) in [6.07, 6.45) is 7.21. The average Bonchev–Trinajstić information content (AvgIpc) is 3.19. The van der Waals surface area contributed by atoms with E-state index in [1.165, 1.54) is 12.8 Å². The van der Waals surface area contributed by atoms with Gasteiger partial charge in [0.25, 0.3) is 5.56 Å². The summed E-state index contributed by atoms with van der Waals surface area (Å²) in [7, 11) is 0. The molecule has 4 rings (SSSR count). The zero-order valence-electron chi connectivity index (χ0n) is 12.8. The highest BCUT2D eigenvalue weighted by molar-refractivity contribution is 5.88. The lowest BCUT2D eigenvalue weighted by Crippen LogP contribution is -2.32. The van der Waals surface area contributed by atoms with E-state index in [2.05, 4.69) is 27.7 Å². The first kappa shape index (κ1) is 14.2. The highest BCUT2D eigenvalue weighted by Gasteiger charge is 2.35. The normalized spacial score (nSPS) is 25.1. The van der Waals surface area contributed by atoms with E-state index in [0.717, 1.165) is 11.9 Å². The summed E-state index contributed by atoms with van der Waals surface area (Å²) in [4.78, 5) is 24.0. The van der Waals surface area contributed by atoms with Gasteiger partial charge >= 0.3 is 0 Å². The first-order chi connectivity index (χ1) is 11.2. The molecule has 1 aromatic carbocycles. The van der Waals surface area contributed by atoms with Crippen molar-refractivity contribution in [3.05, 3.63) is 52.5 Å². The number of aromatic amines is 1. The number of aromatic nitrogens is 2. The van der Waals surface area contributed by atoms with Crippen molar-refractivity contribution in [2.75, 3.05) is 6.54 Å². The molecule has 0 unspecified atom stereocenters. The largest absolute Gasteiger partial charge is 0.355 e. The summed E-state index contributed by atoms with van der Waals surface area (Å²) < 4.78 is 0. The number of hydrogen-bond acceptors (Lipinski definition) is 3. The number of nitrogens with zero attached hydrogens (tertiary/aromatic N) is 1. The minimum Gasteiger partial charge on any atom is -0.355 e. The van der Waals surface area contributed by atoms with Crippen LogP contribution in [0.5, 0.6) is 0 Å². The fourth-order valence-corrected chi connectivity index (χ4v) is 3.90. The number of carbonyl (C=O) groups excluding carboxylic acids is 1. The number of fused-ring (bicyclic) bond motifs is 3. The van der Waals surface area contributed by atoms with Crippen LogP contribution in [0.25, 0.3) is 10.8 Å². The third kappa shape index (κ3) is 2.67. The number of rotatable bonds is 4. The molecular formula is C18H19N3O2. The van der Waals surface area contributed by atoms with Crippen LogP contribution in [-0.4, -0.2) is 22.6 Å². The SMILES string of the molecule is O=C(Cc1n[nH]c(=O)c2ccccc12)NC[C@@H]1C[C@@H]2C=C[C@@H]1C2. The summed E-state index contributed by atoms with van der Waals surface area (Å²) in [6, 6.07) is 7.25. The van der Waals surface area contributed by atoms with Crippen molar-refractivity contribution < 1.29 is 4.79 Å². The maximum atomic E-state index is 12.2. The Morgan fingerprint density at radius 3 is 2.78 bits per heavy atom. The molecule has 1 saturated carbocycles. The minimum atomic E-state index is -0.224. The predicted molar refractivity (Wildman–Crippen MR) is 87.9 cm³/mol. The van der Waals surface area contributed by atoms with Crippen LogP contribution >= 0.6 is 0 Å². The lowest BCUT2D eigenvalue weighted by Gasteiger charge is -2.18. The smallest absolute Gasteiger partial charge is 0.272 e. The number of H-pyrrole nitrogens is 1. The molecule has 23 heavy (non-hydrogen) atoms. The van der Waals surface area contributed by atoms with Gasteiger partial charge in [0.15, 0.2) is 0 Å². The van der Waals surface area contributed by atoms with Crippen molar-refractivity contribution in [3.63, 3.8) is 0 Å². The first-order valence-electron chi connectivity index (χ1n) is 8.12. The van der Waals surface area contributed by atoms with E-state index < -0.39 is 0 Å². The molecule has 118 valence electrons. The molecule has 1 amide bonds. The maximum Gasteiger partial charge on any atom is 0.272 e. The van der Waals surface area contributed by atoms with E-state index in [0.29, 0.717) is 28.8 Å². The summed E-state index contributed by atoms with van der Waals surface area (Å²) in [5.41, 5.74) is 0.393. The summed E-state index contributed by atoms with van der Waals surface area (Å²) in [6.45, 7) is 0.728. The van der Waals surface area contributed by atoms with Crippen molar-refractivity contribution >= 4 is 16.7 Å². The van der Waals surface area contributed by atoms with Gasteiger partial charge in [-0.25, -0.2) is 5.10 Å². The third-order valence-electron chi connectivity index (χ3n) is 5.08. The molecular weight excluding hydrogens is 290 g/mol. The molecule has 1 aromatic heterocycles. The summed E-state index contributed by atoms with van der Waals surface area (Å²) >= 11 is 0. The Morgan fingerprint density at radius 1 is 1.22 bits per heavy atom. The van der Waals surface area contributed by atoms with Gasteiger partial charge in [-0.05, 0) is 36.7 Å². The van der Waals surface area contributed by atoms with Crippen LogP contribution in [0, 0.1) is 17.8 Å². The summed E-state index contributed by atoms with van der Waals surface area (Å²) in [5.74, 6) is 1.87. The molecule has 3 atom stereocenters. The molecule has 2 aromatic rings. The molecule has 5 heteroatoms. The number of nitrogens with one attached hydrogen (secondary N) is 2. The molecule has 2 N–H and O–H groups in total. The van der Waals surface area contributed by atoms with Gasteiger partial charge in [0.05, 0.1) is 17.5 Å². The second-order valence-corrected chi connectivity index (χ2v) is 6.57. The molecule has 1 fully saturated rings. The van der Waals surface area contributed by atoms with Gasteiger partial charge in [0.1, 0.15) is 0 Å². The molecule has 0 spiro atoms. The topological polar surface area (TPSA) is 74.8 Å².